The minimum Gasteiger partial charge on any atom is -0.310 e. The summed E-state index contributed by atoms with van der Waals surface area (Å²) >= 11 is 3.53. The summed E-state index contributed by atoms with van der Waals surface area (Å²) in [5, 5.41) is 3.66. The van der Waals surface area contributed by atoms with Crippen LogP contribution in [0.15, 0.2) is 22.9 Å². The van der Waals surface area contributed by atoms with Gasteiger partial charge in [-0.15, -0.1) is 0 Å². The summed E-state index contributed by atoms with van der Waals surface area (Å²) in [5.41, 5.74) is 1.31. The van der Waals surface area contributed by atoms with Gasteiger partial charge in [0.25, 0.3) is 0 Å². The predicted octanol–water partition coefficient (Wildman–Crippen LogP) is 6.03. The van der Waals surface area contributed by atoms with E-state index in [0.29, 0.717) is 6.04 Å². The Hall–Kier alpha value is -0.410. The van der Waals surface area contributed by atoms with Gasteiger partial charge in [0.05, 0.1) is 0 Å². The van der Waals surface area contributed by atoms with Crippen LogP contribution in [0, 0.1) is 0 Å². The Morgan fingerprint density at radius 2 is 1.71 bits per heavy atom. The molecular formula is C18H31BrN2. The lowest BCUT2D eigenvalue weighted by atomic mass is 10.0. The van der Waals surface area contributed by atoms with Crippen molar-refractivity contribution in [3.05, 3.63) is 28.5 Å². The smallest absolute Gasteiger partial charge is 0.0410 e. The van der Waals surface area contributed by atoms with E-state index in [9.17, 15) is 0 Å². The standard InChI is InChI=1S/C18H31BrN2/c1-3-5-6-7-8-9-10-11-18(21-12-4-2)16-13-17(19)15-20-14-16/h13-15,18,21H,3-12H2,1-2H3. The van der Waals surface area contributed by atoms with Crippen LogP contribution in [0.25, 0.3) is 0 Å². The summed E-state index contributed by atoms with van der Waals surface area (Å²) in [7, 11) is 0. The summed E-state index contributed by atoms with van der Waals surface area (Å²) in [5.74, 6) is 0. The summed E-state index contributed by atoms with van der Waals surface area (Å²) in [6.45, 7) is 5.57. The van der Waals surface area contributed by atoms with E-state index in [2.05, 4.69) is 46.1 Å². The Bertz CT molecular complexity index is 368. The molecule has 2 nitrogen and oxygen atoms in total. The highest BCUT2D eigenvalue weighted by atomic mass is 79.9. The predicted molar refractivity (Wildman–Crippen MR) is 95.6 cm³/mol. The number of halogens is 1. The van der Waals surface area contributed by atoms with Gasteiger partial charge in [-0.1, -0.05) is 58.8 Å². The molecule has 0 radical (unpaired) electrons. The molecule has 0 aliphatic rings. The summed E-state index contributed by atoms with van der Waals surface area (Å²) in [6.07, 6.45) is 15.8. The molecule has 1 unspecified atom stereocenters. The summed E-state index contributed by atoms with van der Waals surface area (Å²) in [6, 6.07) is 2.65. The molecule has 1 heterocycles. The third-order valence-electron chi connectivity index (χ3n) is 3.87. The molecule has 0 aromatic carbocycles. The van der Waals surface area contributed by atoms with Gasteiger partial charge in [0.15, 0.2) is 0 Å². The molecule has 0 aliphatic carbocycles. The molecule has 1 rings (SSSR count). The van der Waals surface area contributed by atoms with E-state index in [0.717, 1.165) is 11.0 Å². The van der Waals surface area contributed by atoms with E-state index in [1.54, 1.807) is 0 Å². The second kappa shape index (κ2) is 12.2. The van der Waals surface area contributed by atoms with Gasteiger partial charge in [0.1, 0.15) is 0 Å². The minimum absolute atomic E-state index is 0.450. The largest absolute Gasteiger partial charge is 0.310 e. The summed E-state index contributed by atoms with van der Waals surface area (Å²) < 4.78 is 1.07. The molecule has 1 N–H and O–H groups in total. The van der Waals surface area contributed by atoms with Crippen LogP contribution in [-0.4, -0.2) is 11.5 Å². The Balaban J connectivity index is 2.33. The molecule has 3 heteroatoms. The second-order valence-electron chi connectivity index (χ2n) is 5.85. The van der Waals surface area contributed by atoms with Crippen molar-refractivity contribution in [1.29, 1.82) is 0 Å². The molecule has 0 bridgehead atoms. The van der Waals surface area contributed by atoms with Crippen LogP contribution in [0.1, 0.15) is 83.2 Å². The zero-order chi connectivity index (χ0) is 15.3. The average Bonchev–Trinajstić information content (AvgIpc) is 2.49. The zero-order valence-electron chi connectivity index (χ0n) is 13.7. The van der Waals surface area contributed by atoms with Crippen molar-refractivity contribution in [2.45, 2.75) is 77.7 Å². The fourth-order valence-electron chi connectivity index (χ4n) is 2.63. The number of nitrogens with one attached hydrogen (secondary N) is 1. The van der Waals surface area contributed by atoms with Crippen LogP contribution in [0.4, 0.5) is 0 Å². The SMILES string of the molecule is CCCCCCCCCC(NCCC)c1cncc(Br)c1. The number of aromatic nitrogens is 1. The summed E-state index contributed by atoms with van der Waals surface area (Å²) in [4.78, 5) is 4.30. The number of unbranched alkanes of at least 4 members (excludes halogenated alkanes) is 6. The van der Waals surface area contributed by atoms with Gasteiger partial charge >= 0.3 is 0 Å². The van der Waals surface area contributed by atoms with Gasteiger partial charge in [0.2, 0.25) is 0 Å². The molecule has 21 heavy (non-hydrogen) atoms. The van der Waals surface area contributed by atoms with Crippen molar-refractivity contribution in [2.24, 2.45) is 0 Å². The van der Waals surface area contributed by atoms with E-state index in [1.807, 2.05) is 12.4 Å². The van der Waals surface area contributed by atoms with Crippen LogP contribution in [0.5, 0.6) is 0 Å². The maximum Gasteiger partial charge on any atom is 0.0410 e. The van der Waals surface area contributed by atoms with Gasteiger partial charge in [-0.2, -0.15) is 0 Å². The molecule has 0 saturated heterocycles. The Morgan fingerprint density at radius 1 is 1.00 bits per heavy atom. The number of nitrogens with zero attached hydrogens (tertiary/aromatic N) is 1. The van der Waals surface area contributed by atoms with Crippen LogP contribution < -0.4 is 5.32 Å². The van der Waals surface area contributed by atoms with Crippen LogP contribution in [-0.2, 0) is 0 Å². The van der Waals surface area contributed by atoms with Crippen molar-refractivity contribution in [3.8, 4) is 0 Å². The van der Waals surface area contributed by atoms with Gasteiger partial charge in [-0.05, 0) is 46.9 Å². The number of pyridine rings is 1. The van der Waals surface area contributed by atoms with Crippen LogP contribution in [0.2, 0.25) is 0 Å². The van der Waals surface area contributed by atoms with Crippen molar-refractivity contribution in [3.63, 3.8) is 0 Å². The van der Waals surface area contributed by atoms with Gasteiger partial charge in [-0.25, -0.2) is 0 Å². The molecular weight excluding hydrogens is 324 g/mol. The Kier molecular flexibility index (Phi) is 10.8. The molecule has 0 spiro atoms. The number of hydrogen-bond donors (Lipinski definition) is 1. The highest BCUT2D eigenvalue weighted by Gasteiger charge is 2.11. The third kappa shape index (κ3) is 8.57. The molecule has 1 aromatic heterocycles. The molecule has 0 amide bonds. The van der Waals surface area contributed by atoms with Crippen molar-refractivity contribution >= 4 is 15.9 Å². The van der Waals surface area contributed by atoms with E-state index in [4.69, 9.17) is 0 Å². The van der Waals surface area contributed by atoms with E-state index < -0.39 is 0 Å². The maximum atomic E-state index is 4.30. The molecule has 0 saturated carbocycles. The first-order valence-electron chi connectivity index (χ1n) is 8.61. The third-order valence-corrected chi connectivity index (χ3v) is 4.30. The Labute approximate surface area is 139 Å². The number of rotatable bonds is 12. The maximum absolute atomic E-state index is 4.30. The molecule has 120 valence electrons. The van der Waals surface area contributed by atoms with E-state index in [-0.39, 0.29) is 0 Å². The lowest BCUT2D eigenvalue weighted by Crippen LogP contribution is -2.22. The van der Waals surface area contributed by atoms with Crippen LogP contribution >= 0.6 is 15.9 Å². The minimum atomic E-state index is 0.450. The van der Waals surface area contributed by atoms with Gasteiger partial charge in [0, 0.05) is 22.9 Å². The average molecular weight is 355 g/mol. The lowest BCUT2D eigenvalue weighted by Gasteiger charge is -2.19. The monoisotopic (exact) mass is 354 g/mol. The number of hydrogen-bond acceptors (Lipinski definition) is 2. The highest BCUT2D eigenvalue weighted by molar-refractivity contribution is 9.10. The first-order valence-corrected chi connectivity index (χ1v) is 9.41. The second-order valence-corrected chi connectivity index (χ2v) is 6.77. The van der Waals surface area contributed by atoms with Gasteiger partial charge in [-0.3, -0.25) is 4.98 Å². The first kappa shape index (κ1) is 18.6. The fraction of sp³-hybridized carbons (Fsp3) is 0.722. The molecule has 0 fully saturated rings. The molecule has 0 aliphatic heterocycles. The normalized spacial score (nSPS) is 12.5. The van der Waals surface area contributed by atoms with Crippen molar-refractivity contribution in [1.82, 2.24) is 10.3 Å². The van der Waals surface area contributed by atoms with E-state index >= 15 is 0 Å². The van der Waals surface area contributed by atoms with E-state index in [1.165, 1.54) is 63.4 Å². The van der Waals surface area contributed by atoms with Gasteiger partial charge < -0.3 is 5.32 Å². The quantitative estimate of drug-likeness (QED) is 0.463. The molecule has 1 atom stereocenters. The van der Waals surface area contributed by atoms with Crippen molar-refractivity contribution < 1.29 is 0 Å². The zero-order valence-corrected chi connectivity index (χ0v) is 15.3. The highest BCUT2D eigenvalue weighted by Crippen LogP contribution is 2.22. The Morgan fingerprint density at radius 3 is 2.38 bits per heavy atom. The first-order chi connectivity index (χ1) is 10.3. The fourth-order valence-corrected chi connectivity index (χ4v) is 3.01. The van der Waals surface area contributed by atoms with Crippen LogP contribution in [0.3, 0.4) is 0 Å². The lowest BCUT2D eigenvalue weighted by molar-refractivity contribution is 0.464. The topological polar surface area (TPSA) is 24.9 Å². The molecule has 1 aromatic rings. The van der Waals surface area contributed by atoms with Crippen molar-refractivity contribution in [2.75, 3.05) is 6.54 Å².